The summed E-state index contributed by atoms with van der Waals surface area (Å²) in [4.78, 5) is 28.7. The molecule has 0 heterocycles. The molecule has 6 heteroatoms. The van der Waals surface area contributed by atoms with Gasteiger partial charge in [0.15, 0.2) is 0 Å². The Morgan fingerprint density at radius 1 is 0.556 bits per heavy atom. The first-order valence-electron chi connectivity index (χ1n) is 12.4. The van der Waals surface area contributed by atoms with E-state index < -0.39 is 0 Å². The maximum atomic E-state index is 13.5. The van der Waals surface area contributed by atoms with Gasteiger partial charge >= 0.3 is 0 Å². The van der Waals surface area contributed by atoms with Crippen molar-refractivity contribution in [1.29, 1.82) is 0 Å². The van der Waals surface area contributed by atoms with E-state index >= 15 is 0 Å². The van der Waals surface area contributed by atoms with Gasteiger partial charge in [0.05, 0.1) is 23.2 Å². The Balaban J connectivity index is 1.98. The Kier molecular flexibility index (Phi) is 10.1. The zero-order chi connectivity index (χ0) is 26.2. The fourth-order valence-corrected chi connectivity index (χ4v) is 6.07. The van der Waals surface area contributed by atoms with Crippen LogP contribution in [-0.2, 0) is 0 Å². The number of carbonyl (C=O) groups excluding carboxylic acids is 2. The summed E-state index contributed by atoms with van der Waals surface area (Å²) in [5.41, 5.74) is 3.30. The molecule has 0 aromatic heterocycles. The van der Waals surface area contributed by atoms with Gasteiger partial charge < -0.3 is 10.6 Å². The highest BCUT2D eigenvalue weighted by molar-refractivity contribution is 8.03. The molecule has 0 fully saturated rings. The van der Waals surface area contributed by atoms with E-state index in [2.05, 4.69) is 38.3 Å². The number of benzene rings is 3. The zero-order valence-corrected chi connectivity index (χ0v) is 23.5. The molecule has 2 amide bonds. The quantitative estimate of drug-likeness (QED) is 0.269. The molecule has 36 heavy (non-hydrogen) atoms. The van der Waals surface area contributed by atoms with Crippen molar-refractivity contribution >= 4 is 35.3 Å². The Bertz CT molecular complexity index is 1070. The highest BCUT2D eigenvalue weighted by atomic mass is 32.2. The summed E-state index contributed by atoms with van der Waals surface area (Å²) in [6.45, 7) is 12.4. The van der Waals surface area contributed by atoms with Crippen LogP contribution >= 0.6 is 23.5 Å². The number of amides is 2. The Morgan fingerprint density at radius 3 is 1.19 bits per heavy atom. The van der Waals surface area contributed by atoms with Gasteiger partial charge in [-0.25, -0.2) is 0 Å². The third kappa shape index (κ3) is 7.40. The molecular formula is C30H36N2O2S2. The second kappa shape index (κ2) is 13.0. The number of thioether (sulfide) groups is 2. The van der Waals surface area contributed by atoms with Gasteiger partial charge in [-0.1, -0.05) is 88.4 Å². The van der Waals surface area contributed by atoms with Gasteiger partial charge in [-0.3, -0.25) is 9.59 Å². The van der Waals surface area contributed by atoms with Crippen LogP contribution in [0.2, 0.25) is 0 Å². The minimum Gasteiger partial charge on any atom is -0.345 e. The van der Waals surface area contributed by atoms with Crippen LogP contribution < -0.4 is 10.6 Å². The number of hydrogen-bond acceptors (Lipinski definition) is 4. The van der Waals surface area contributed by atoms with E-state index in [1.165, 1.54) is 0 Å². The van der Waals surface area contributed by atoms with E-state index in [1.54, 1.807) is 35.7 Å². The van der Waals surface area contributed by atoms with Crippen molar-refractivity contribution in [3.63, 3.8) is 0 Å². The van der Waals surface area contributed by atoms with E-state index in [-0.39, 0.29) is 34.4 Å². The summed E-state index contributed by atoms with van der Waals surface area (Å²) in [5, 5.41) is 6.79. The monoisotopic (exact) mass is 520 g/mol. The zero-order valence-electron chi connectivity index (χ0n) is 21.9. The molecule has 0 aliphatic heterocycles. The Morgan fingerprint density at radius 2 is 0.889 bits per heavy atom. The van der Waals surface area contributed by atoms with Crippen LogP contribution in [0, 0.1) is 0 Å². The van der Waals surface area contributed by atoms with Gasteiger partial charge in [-0.15, -0.1) is 23.5 Å². The number of carbonyl (C=O) groups is 2. The van der Waals surface area contributed by atoms with Crippen molar-refractivity contribution in [3.05, 3.63) is 95.1 Å². The molecule has 0 saturated heterocycles. The molecule has 0 bridgehead atoms. The number of hydrogen-bond donors (Lipinski definition) is 2. The standard InChI is InChI=1S/C30H36N2O2S2/c1-19(2)35-27-25(29(33)31-21(5)23-13-9-7-10-14-23)17-18-26(28(27)36-20(3)4)30(34)32-22(6)24-15-11-8-12-16-24/h7-22H,1-6H3,(H,31,33)(H,32,34). The summed E-state index contributed by atoms with van der Waals surface area (Å²) in [7, 11) is 0. The van der Waals surface area contributed by atoms with Crippen LogP contribution in [0.5, 0.6) is 0 Å². The van der Waals surface area contributed by atoms with E-state index in [4.69, 9.17) is 0 Å². The lowest BCUT2D eigenvalue weighted by Gasteiger charge is -2.22. The van der Waals surface area contributed by atoms with Crippen LogP contribution in [-0.4, -0.2) is 22.3 Å². The molecule has 3 aromatic carbocycles. The second-order valence-electron chi connectivity index (χ2n) is 9.36. The summed E-state index contributed by atoms with van der Waals surface area (Å²) >= 11 is 3.26. The molecule has 2 unspecified atom stereocenters. The second-order valence-corrected chi connectivity index (χ2v) is 12.5. The van der Waals surface area contributed by atoms with Gasteiger partial charge in [-0.05, 0) is 37.1 Å². The topological polar surface area (TPSA) is 58.2 Å². The van der Waals surface area contributed by atoms with Crippen LogP contribution in [0.3, 0.4) is 0 Å². The maximum Gasteiger partial charge on any atom is 0.252 e. The molecule has 3 rings (SSSR count). The molecule has 0 spiro atoms. The smallest absolute Gasteiger partial charge is 0.252 e. The average molecular weight is 521 g/mol. The minimum atomic E-state index is -0.135. The summed E-state index contributed by atoms with van der Waals surface area (Å²) < 4.78 is 0. The van der Waals surface area contributed by atoms with Gasteiger partial charge in [0.25, 0.3) is 11.8 Å². The molecule has 0 aliphatic carbocycles. The Labute approximate surface area is 224 Å². The van der Waals surface area contributed by atoms with Crippen LogP contribution in [0.1, 0.15) is 85.5 Å². The van der Waals surface area contributed by atoms with Crippen molar-refractivity contribution in [1.82, 2.24) is 10.6 Å². The van der Waals surface area contributed by atoms with Crippen LogP contribution in [0.4, 0.5) is 0 Å². The highest BCUT2D eigenvalue weighted by Crippen LogP contribution is 2.40. The van der Waals surface area contributed by atoms with Gasteiger partial charge in [-0.2, -0.15) is 0 Å². The SMILES string of the molecule is CC(C)Sc1c(C(=O)NC(C)c2ccccc2)ccc(C(=O)NC(C)c2ccccc2)c1SC(C)C. The van der Waals surface area contributed by atoms with E-state index in [9.17, 15) is 9.59 Å². The van der Waals surface area contributed by atoms with Gasteiger partial charge in [0, 0.05) is 20.3 Å². The third-order valence-electron chi connectivity index (χ3n) is 5.60. The number of nitrogens with one attached hydrogen (secondary N) is 2. The predicted molar refractivity (Wildman–Crippen MR) is 153 cm³/mol. The molecule has 0 aliphatic rings. The lowest BCUT2D eigenvalue weighted by Crippen LogP contribution is -2.29. The fraction of sp³-hybridized carbons (Fsp3) is 0.333. The summed E-state index contributed by atoms with van der Waals surface area (Å²) in [5.74, 6) is -0.269. The third-order valence-corrected chi connectivity index (χ3v) is 7.99. The predicted octanol–water partition coefficient (Wildman–Crippen LogP) is 7.67. The maximum absolute atomic E-state index is 13.5. The van der Waals surface area contributed by atoms with Crippen molar-refractivity contribution in [3.8, 4) is 0 Å². The first-order valence-corrected chi connectivity index (χ1v) is 14.1. The molecule has 0 radical (unpaired) electrons. The molecule has 3 aromatic rings. The molecule has 2 N–H and O–H groups in total. The van der Waals surface area contributed by atoms with Crippen molar-refractivity contribution < 1.29 is 9.59 Å². The first kappa shape index (κ1) is 27.9. The van der Waals surface area contributed by atoms with E-state index in [0.717, 1.165) is 20.9 Å². The van der Waals surface area contributed by atoms with Crippen molar-refractivity contribution in [2.24, 2.45) is 0 Å². The normalized spacial score (nSPS) is 12.9. The summed E-state index contributed by atoms with van der Waals surface area (Å²) in [6.07, 6.45) is 0. The fourth-order valence-electron chi connectivity index (χ4n) is 3.82. The minimum absolute atomic E-state index is 0.133. The molecule has 0 saturated carbocycles. The van der Waals surface area contributed by atoms with E-state index in [0.29, 0.717) is 11.1 Å². The van der Waals surface area contributed by atoms with Gasteiger partial charge in [0.1, 0.15) is 0 Å². The van der Waals surface area contributed by atoms with E-state index in [1.807, 2.05) is 74.5 Å². The summed E-state index contributed by atoms with van der Waals surface area (Å²) in [6, 6.07) is 23.2. The average Bonchev–Trinajstić information content (AvgIpc) is 2.85. The first-order chi connectivity index (χ1) is 17.2. The molecule has 190 valence electrons. The molecular weight excluding hydrogens is 484 g/mol. The lowest BCUT2D eigenvalue weighted by molar-refractivity contribution is 0.0922. The molecule has 4 nitrogen and oxygen atoms in total. The van der Waals surface area contributed by atoms with Crippen molar-refractivity contribution in [2.45, 2.75) is 73.9 Å². The van der Waals surface area contributed by atoms with Gasteiger partial charge in [0.2, 0.25) is 0 Å². The Hall–Kier alpha value is -2.70. The largest absolute Gasteiger partial charge is 0.345 e. The number of rotatable bonds is 10. The van der Waals surface area contributed by atoms with Crippen LogP contribution in [0.25, 0.3) is 0 Å². The highest BCUT2D eigenvalue weighted by Gasteiger charge is 2.25. The molecule has 2 atom stereocenters. The van der Waals surface area contributed by atoms with Crippen LogP contribution in [0.15, 0.2) is 82.6 Å². The lowest BCUT2D eigenvalue weighted by atomic mass is 10.1. The van der Waals surface area contributed by atoms with Crippen molar-refractivity contribution in [2.75, 3.05) is 0 Å².